The molecule has 2 rings (SSSR count). The molecule has 0 aliphatic rings. The number of aryl methyl sites for hydroxylation is 1. The summed E-state index contributed by atoms with van der Waals surface area (Å²) < 4.78 is 7.09. The van der Waals surface area contributed by atoms with E-state index in [1.165, 1.54) is 5.69 Å². The van der Waals surface area contributed by atoms with Crippen molar-refractivity contribution in [2.45, 2.75) is 39.9 Å². The van der Waals surface area contributed by atoms with Crippen molar-refractivity contribution >= 4 is 0 Å². The second-order valence-electron chi connectivity index (χ2n) is 4.39. The van der Waals surface area contributed by atoms with Crippen molar-refractivity contribution in [1.29, 1.82) is 0 Å². The number of nitrogens with one attached hydrogen (secondary N) is 1. The Morgan fingerprint density at radius 1 is 1.47 bits per heavy atom. The molecule has 0 atom stereocenters. The maximum absolute atomic E-state index is 4.96. The second-order valence-corrected chi connectivity index (χ2v) is 4.39. The van der Waals surface area contributed by atoms with E-state index in [-0.39, 0.29) is 0 Å². The first-order valence-corrected chi connectivity index (χ1v) is 5.81. The molecule has 5 heteroatoms. The lowest BCUT2D eigenvalue weighted by Crippen LogP contribution is -2.23. The molecule has 5 nitrogen and oxygen atoms in total. The highest BCUT2D eigenvalue weighted by Gasteiger charge is 2.06. The van der Waals surface area contributed by atoms with Gasteiger partial charge in [-0.15, -0.1) is 0 Å². The summed E-state index contributed by atoms with van der Waals surface area (Å²) in [5.74, 6) is 1.32. The van der Waals surface area contributed by atoms with Crippen molar-refractivity contribution in [2.24, 2.45) is 0 Å². The zero-order valence-corrected chi connectivity index (χ0v) is 10.5. The van der Waals surface area contributed by atoms with Gasteiger partial charge in [-0.25, -0.2) is 0 Å². The minimum absolute atomic E-state index is 0.478. The second kappa shape index (κ2) is 5.14. The maximum atomic E-state index is 4.96. The van der Waals surface area contributed by atoms with Gasteiger partial charge in [-0.3, -0.25) is 0 Å². The van der Waals surface area contributed by atoms with Crippen molar-refractivity contribution in [2.75, 3.05) is 0 Å². The average molecular weight is 234 g/mol. The molecule has 2 aromatic heterocycles. The molecule has 0 fully saturated rings. The topological polar surface area (TPSA) is 55.9 Å². The summed E-state index contributed by atoms with van der Waals surface area (Å²) in [6.07, 6.45) is 2.03. The number of nitrogens with zero attached hydrogens (tertiary/aromatic N) is 3. The molecule has 0 amide bonds. The minimum atomic E-state index is 0.478. The van der Waals surface area contributed by atoms with Gasteiger partial charge in [-0.05, 0) is 12.1 Å². The lowest BCUT2D eigenvalue weighted by molar-refractivity contribution is 0.385. The Labute approximate surface area is 101 Å². The highest BCUT2D eigenvalue weighted by Crippen LogP contribution is 2.06. The summed E-state index contributed by atoms with van der Waals surface area (Å²) in [6.45, 7) is 7.57. The quantitative estimate of drug-likeness (QED) is 0.856. The van der Waals surface area contributed by atoms with Crippen molar-refractivity contribution < 1.29 is 4.52 Å². The Morgan fingerprint density at radius 3 is 2.94 bits per heavy atom. The fourth-order valence-corrected chi connectivity index (χ4v) is 1.63. The van der Waals surface area contributed by atoms with Crippen LogP contribution in [0.5, 0.6) is 0 Å². The molecule has 0 saturated heterocycles. The molecular weight excluding hydrogens is 216 g/mol. The van der Waals surface area contributed by atoms with Gasteiger partial charge >= 0.3 is 0 Å². The van der Waals surface area contributed by atoms with Crippen LogP contribution >= 0.6 is 0 Å². The molecule has 0 bridgehead atoms. The molecule has 0 spiro atoms. The Kier molecular flexibility index (Phi) is 3.58. The molecule has 2 aromatic rings. The van der Waals surface area contributed by atoms with Crippen LogP contribution in [0.4, 0.5) is 0 Å². The van der Waals surface area contributed by atoms with Gasteiger partial charge in [-0.2, -0.15) is 4.98 Å². The SMILES string of the molecule is Cc1nc(Cn2cccc2CNC(C)C)no1. The summed E-state index contributed by atoms with van der Waals surface area (Å²) in [4.78, 5) is 4.20. The van der Waals surface area contributed by atoms with E-state index in [4.69, 9.17) is 4.52 Å². The molecule has 1 N–H and O–H groups in total. The molecule has 0 saturated carbocycles. The summed E-state index contributed by atoms with van der Waals surface area (Å²) >= 11 is 0. The largest absolute Gasteiger partial charge is 0.342 e. The molecule has 0 aliphatic carbocycles. The van der Waals surface area contributed by atoms with Gasteiger partial charge in [0.25, 0.3) is 0 Å². The van der Waals surface area contributed by atoms with E-state index >= 15 is 0 Å². The predicted molar refractivity (Wildman–Crippen MR) is 64.5 cm³/mol. The van der Waals surface area contributed by atoms with Crippen LogP contribution in [0, 0.1) is 6.92 Å². The summed E-state index contributed by atoms with van der Waals surface area (Å²) in [5, 5.41) is 7.29. The van der Waals surface area contributed by atoms with Gasteiger partial charge in [-0.1, -0.05) is 19.0 Å². The van der Waals surface area contributed by atoms with Crippen molar-refractivity contribution in [3.05, 3.63) is 35.7 Å². The fourth-order valence-electron chi connectivity index (χ4n) is 1.63. The first-order chi connectivity index (χ1) is 8.15. The standard InChI is InChI=1S/C12H18N4O/c1-9(2)13-7-11-5-4-6-16(11)8-12-14-10(3)17-15-12/h4-6,9,13H,7-8H2,1-3H3. The van der Waals surface area contributed by atoms with Crippen molar-refractivity contribution in [3.8, 4) is 0 Å². The van der Waals surface area contributed by atoms with E-state index in [0.29, 0.717) is 24.3 Å². The van der Waals surface area contributed by atoms with E-state index in [0.717, 1.165) is 6.54 Å². The molecule has 17 heavy (non-hydrogen) atoms. The lowest BCUT2D eigenvalue weighted by Gasteiger charge is -2.10. The van der Waals surface area contributed by atoms with Crippen LogP contribution in [0.2, 0.25) is 0 Å². The van der Waals surface area contributed by atoms with Crippen LogP contribution < -0.4 is 5.32 Å². The molecule has 0 aliphatic heterocycles. The van der Waals surface area contributed by atoms with E-state index in [9.17, 15) is 0 Å². The lowest BCUT2D eigenvalue weighted by atomic mass is 10.3. The molecule has 0 aromatic carbocycles. The molecule has 0 radical (unpaired) electrons. The van der Waals surface area contributed by atoms with Crippen LogP contribution in [0.3, 0.4) is 0 Å². The normalized spacial score (nSPS) is 11.3. The first kappa shape index (κ1) is 11.9. The number of hydrogen-bond acceptors (Lipinski definition) is 4. The monoisotopic (exact) mass is 234 g/mol. The number of hydrogen-bond donors (Lipinski definition) is 1. The molecule has 92 valence electrons. The van der Waals surface area contributed by atoms with Gasteiger partial charge < -0.3 is 14.4 Å². The Bertz CT molecular complexity index is 472. The smallest absolute Gasteiger partial charge is 0.223 e. The predicted octanol–water partition coefficient (Wildman–Crippen LogP) is 1.73. The van der Waals surface area contributed by atoms with Gasteiger partial charge in [0.05, 0.1) is 6.54 Å². The van der Waals surface area contributed by atoms with Crippen LogP contribution in [0.25, 0.3) is 0 Å². The van der Waals surface area contributed by atoms with Crippen LogP contribution in [0.15, 0.2) is 22.9 Å². The molecule has 0 unspecified atom stereocenters. The zero-order chi connectivity index (χ0) is 12.3. The van der Waals surface area contributed by atoms with Gasteiger partial charge in [0.2, 0.25) is 5.89 Å². The Balaban J connectivity index is 2.03. The molecule has 2 heterocycles. The summed E-state index contributed by atoms with van der Waals surface area (Å²) in [5.41, 5.74) is 1.22. The third-order valence-corrected chi connectivity index (χ3v) is 2.50. The highest BCUT2D eigenvalue weighted by atomic mass is 16.5. The zero-order valence-electron chi connectivity index (χ0n) is 10.5. The summed E-state index contributed by atoms with van der Waals surface area (Å²) in [6, 6.07) is 4.61. The number of rotatable bonds is 5. The van der Waals surface area contributed by atoms with E-state index in [2.05, 4.69) is 39.9 Å². The van der Waals surface area contributed by atoms with Gasteiger partial charge in [0.1, 0.15) is 0 Å². The van der Waals surface area contributed by atoms with Crippen molar-refractivity contribution in [3.63, 3.8) is 0 Å². The maximum Gasteiger partial charge on any atom is 0.223 e. The summed E-state index contributed by atoms with van der Waals surface area (Å²) in [7, 11) is 0. The Hall–Kier alpha value is -1.62. The van der Waals surface area contributed by atoms with Crippen LogP contribution in [-0.4, -0.2) is 20.7 Å². The van der Waals surface area contributed by atoms with Crippen LogP contribution in [0.1, 0.15) is 31.3 Å². The third kappa shape index (κ3) is 3.17. The van der Waals surface area contributed by atoms with Gasteiger partial charge in [0.15, 0.2) is 5.82 Å². The minimum Gasteiger partial charge on any atom is -0.342 e. The fraction of sp³-hybridized carbons (Fsp3) is 0.500. The van der Waals surface area contributed by atoms with E-state index in [1.54, 1.807) is 6.92 Å². The van der Waals surface area contributed by atoms with Gasteiger partial charge in [0, 0.05) is 31.4 Å². The Morgan fingerprint density at radius 2 is 2.29 bits per heavy atom. The van der Waals surface area contributed by atoms with E-state index < -0.39 is 0 Å². The molecular formula is C12H18N4O. The first-order valence-electron chi connectivity index (χ1n) is 5.81. The average Bonchev–Trinajstić information content (AvgIpc) is 2.86. The third-order valence-electron chi connectivity index (χ3n) is 2.50. The van der Waals surface area contributed by atoms with Crippen LogP contribution in [-0.2, 0) is 13.1 Å². The highest BCUT2D eigenvalue weighted by molar-refractivity contribution is 5.08. The number of aromatic nitrogens is 3. The van der Waals surface area contributed by atoms with Crippen molar-refractivity contribution in [1.82, 2.24) is 20.0 Å². The van der Waals surface area contributed by atoms with E-state index in [1.807, 2.05) is 12.3 Å².